The van der Waals surface area contributed by atoms with Gasteiger partial charge in [0.25, 0.3) is 0 Å². The zero-order chi connectivity index (χ0) is 22.1. The lowest BCUT2D eigenvalue weighted by Gasteiger charge is -2.26. The van der Waals surface area contributed by atoms with E-state index in [1.54, 1.807) is 6.33 Å². The number of hydrogen-bond donors (Lipinski definition) is 1. The lowest BCUT2D eigenvalue weighted by Crippen LogP contribution is -2.31. The number of fused-ring (bicyclic) bond motifs is 1. The van der Waals surface area contributed by atoms with Crippen molar-refractivity contribution in [3.05, 3.63) is 42.4 Å². The maximum atomic E-state index is 4.14. The van der Waals surface area contributed by atoms with Gasteiger partial charge in [0.05, 0.1) is 5.39 Å². The zero-order valence-corrected chi connectivity index (χ0v) is 20.7. The number of allylic oxidation sites excluding steroid dienone is 2. The molecule has 0 radical (unpaired) electrons. The fourth-order valence-corrected chi connectivity index (χ4v) is 3.29. The molecule has 0 bridgehead atoms. The number of nitrogens with zero attached hydrogens (tertiary/aromatic N) is 4. The Hall–Kier alpha value is -1.71. The van der Waals surface area contributed by atoms with Crippen LogP contribution >= 0.6 is 9.39 Å². The first-order chi connectivity index (χ1) is 14.2. The number of nitrogens with one attached hydrogen (secondary N) is 1. The van der Waals surface area contributed by atoms with Gasteiger partial charge in [-0.1, -0.05) is 52.3 Å². The second kappa shape index (κ2) is 17.2. The highest BCUT2D eigenvalue weighted by atomic mass is 31.0. The molecule has 2 aromatic heterocycles. The van der Waals surface area contributed by atoms with E-state index in [4.69, 9.17) is 0 Å². The van der Waals surface area contributed by atoms with Crippen molar-refractivity contribution in [3.8, 4) is 0 Å². The lowest BCUT2D eigenvalue weighted by atomic mass is 10.1. The molecule has 0 amide bonds. The van der Waals surface area contributed by atoms with Crippen LogP contribution in [0.15, 0.2) is 42.4 Å². The molecule has 0 aliphatic carbocycles. The molecule has 0 aromatic carbocycles. The van der Waals surface area contributed by atoms with Crippen molar-refractivity contribution in [1.82, 2.24) is 19.2 Å². The average molecular weight is 420 g/mol. The monoisotopic (exact) mass is 419 g/mol. The molecule has 0 spiro atoms. The molecule has 2 aromatic rings. The fourth-order valence-electron chi connectivity index (χ4n) is 3.00. The fraction of sp³-hybridized carbons (Fsp3) is 0.565. The molecule has 6 heteroatoms. The Morgan fingerprint density at radius 2 is 1.76 bits per heavy atom. The molecule has 29 heavy (non-hydrogen) atoms. The highest BCUT2D eigenvalue weighted by Gasteiger charge is 2.09. The Labute approximate surface area is 181 Å². The Kier molecular flexibility index (Phi) is 16.2. The number of likely N-dealkylation sites (tertiary alicyclic amines) is 1. The van der Waals surface area contributed by atoms with Crippen LogP contribution in [0.4, 0.5) is 5.82 Å². The molecular formula is C23H42N5P. The van der Waals surface area contributed by atoms with Crippen LogP contribution in [0.1, 0.15) is 60.8 Å². The molecule has 1 saturated heterocycles. The van der Waals surface area contributed by atoms with E-state index in [0.29, 0.717) is 0 Å². The Morgan fingerprint density at radius 3 is 2.31 bits per heavy atom. The zero-order valence-electron chi connectivity index (χ0n) is 19.6. The summed E-state index contributed by atoms with van der Waals surface area (Å²) >= 11 is 0. The summed E-state index contributed by atoms with van der Waals surface area (Å²) in [5, 5.41) is 4.05. The minimum absolute atomic E-state index is 0.862. The van der Waals surface area contributed by atoms with Crippen LogP contribution in [0.2, 0.25) is 0 Å². The summed E-state index contributed by atoms with van der Waals surface area (Å²) in [6, 6.07) is 1.98. The minimum Gasteiger partial charge on any atom is -0.372 e. The smallest absolute Gasteiger partial charge is 0.148 e. The van der Waals surface area contributed by atoms with Gasteiger partial charge in [-0.15, -0.1) is 0 Å². The van der Waals surface area contributed by atoms with Gasteiger partial charge >= 0.3 is 0 Å². The molecule has 5 nitrogen and oxygen atoms in total. The average Bonchev–Trinajstić information content (AvgIpc) is 3.18. The van der Waals surface area contributed by atoms with Crippen LogP contribution in [-0.2, 0) is 0 Å². The first kappa shape index (κ1) is 27.3. The molecular weight excluding hydrogens is 377 g/mol. The van der Waals surface area contributed by atoms with E-state index in [1.165, 1.54) is 37.9 Å². The molecule has 1 atom stereocenters. The van der Waals surface area contributed by atoms with Crippen molar-refractivity contribution >= 4 is 26.2 Å². The Balaban J connectivity index is 0.000000462. The second-order valence-electron chi connectivity index (χ2n) is 6.13. The largest absolute Gasteiger partial charge is 0.372 e. The summed E-state index contributed by atoms with van der Waals surface area (Å²) in [6.45, 7) is 15.9. The van der Waals surface area contributed by atoms with E-state index >= 15 is 0 Å². The van der Waals surface area contributed by atoms with E-state index in [9.17, 15) is 0 Å². The van der Waals surface area contributed by atoms with Crippen molar-refractivity contribution in [2.24, 2.45) is 0 Å². The van der Waals surface area contributed by atoms with Gasteiger partial charge in [-0.2, -0.15) is 0 Å². The normalized spacial score (nSPS) is 14.3. The number of rotatable bonds is 4. The van der Waals surface area contributed by atoms with Gasteiger partial charge in [0.2, 0.25) is 0 Å². The summed E-state index contributed by atoms with van der Waals surface area (Å²) in [7, 11) is 4.42. The van der Waals surface area contributed by atoms with Crippen molar-refractivity contribution in [3.63, 3.8) is 0 Å². The quantitative estimate of drug-likeness (QED) is 0.476. The SMILES string of the molecule is C/C=C\C(=C/C)CN1CCCCC1.CC.CC.CNc1ncnc2c1ccn2P. The van der Waals surface area contributed by atoms with Crippen molar-refractivity contribution in [2.45, 2.75) is 60.8 Å². The van der Waals surface area contributed by atoms with Crippen LogP contribution in [0, 0.1) is 0 Å². The number of anilines is 1. The number of aromatic nitrogens is 3. The summed E-state index contributed by atoms with van der Waals surface area (Å²) in [5.41, 5.74) is 2.36. The summed E-state index contributed by atoms with van der Waals surface area (Å²) < 4.78 is 1.89. The van der Waals surface area contributed by atoms with Gasteiger partial charge in [0, 0.05) is 19.8 Å². The third-order valence-corrected chi connectivity index (χ3v) is 4.77. The van der Waals surface area contributed by atoms with Crippen LogP contribution in [0.5, 0.6) is 0 Å². The molecule has 3 rings (SSSR count). The van der Waals surface area contributed by atoms with Crippen LogP contribution < -0.4 is 5.32 Å². The number of piperidine rings is 1. The summed E-state index contributed by atoms with van der Waals surface area (Å²) in [5.74, 6) is 0.862. The Morgan fingerprint density at radius 1 is 1.10 bits per heavy atom. The third-order valence-electron chi connectivity index (χ3n) is 4.35. The van der Waals surface area contributed by atoms with Crippen LogP contribution in [-0.4, -0.2) is 45.9 Å². The maximum Gasteiger partial charge on any atom is 0.148 e. The van der Waals surface area contributed by atoms with E-state index in [1.807, 2.05) is 51.3 Å². The van der Waals surface area contributed by atoms with Gasteiger partial charge in [-0.3, -0.25) is 4.90 Å². The summed E-state index contributed by atoms with van der Waals surface area (Å²) in [6.07, 6.45) is 14.2. The molecule has 164 valence electrons. The molecule has 1 N–H and O–H groups in total. The van der Waals surface area contributed by atoms with Crippen LogP contribution in [0.25, 0.3) is 11.0 Å². The van der Waals surface area contributed by atoms with Gasteiger partial charge in [0.15, 0.2) is 0 Å². The minimum atomic E-state index is 0.862. The first-order valence-electron chi connectivity index (χ1n) is 10.9. The first-order valence-corrected chi connectivity index (χ1v) is 11.5. The highest BCUT2D eigenvalue weighted by molar-refractivity contribution is 7.14. The predicted molar refractivity (Wildman–Crippen MR) is 134 cm³/mol. The molecule has 1 aliphatic heterocycles. The molecule has 1 unspecified atom stereocenters. The number of hydrogen-bond acceptors (Lipinski definition) is 4. The van der Waals surface area contributed by atoms with E-state index in [0.717, 1.165) is 23.4 Å². The lowest BCUT2D eigenvalue weighted by molar-refractivity contribution is 0.248. The van der Waals surface area contributed by atoms with Crippen molar-refractivity contribution < 1.29 is 0 Å². The van der Waals surface area contributed by atoms with Crippen molar-refractivity contribution in [1.29, 1.82) is 0 Å². The maximum absolute atomic E-state index is 4.14. The van der Waals surface area contributed by atoms with Crippen LogP contribution in [0.3, 0.4) is 0 Å². The second-order valence-corrected chi connectivity index (χ2v) is 6.69. The van der Waals surface area contributed by atoms with E-state index in [-0.39, 0.29) is 0 Å². The summed E-state index contributed by atoms with van der Waals surface area (Å²) in [4.78, 5) is 10.8. The van der Waals surface area contributed by atoms with Gasteiger partial charge in [0.1, 0.15) is 17.8 Å². The van der Waals surface area contributed by atoms with E-state index in [2.05, 4.69) is 61.7 Å². The van der Waals surface area contributed by atoms with Gasteiger partial charge < -0.3 is 9.65 Å². The van der Waals surface area contributed by atoms with Gasteiger partial charge in [-0.05, 0) is 60.8 Å². The molecule has 1 aliphatic rings. The Bertz CT molecular complexity index is 715. The predicted octanol–water partition coefficient (Wildman–Crippen LogP) is 6.16. The molecule has 3 heterocycles. The standard InChI is InChI=1S/C12H21N.C7H9N4P.2C2H6/c1-3-8-12(4-2)11-13-9-6-5-7-10-13;1-8-6-5-2-3-11(12)7(5)10-4-9-6;2*1-2/h3-4,8H,5-7,9-11H2,1-2H3;2-4H,12H2,1H3,(H,8,9,10);2*1-2H3/b8-3-,12-4+;;;. The van der Waals surface area contributed by atoms with Crippen molar-refractivity contribution in [2.75, 3.05) is 32.0 Å². The van der Waals surface area contributed by atoms with Gasteiger partial charge in [-0.25, -0.2) is 9.97 Å². The van der Waals surface area contributed by atoms with E-state index < -0.39 is 0 Å². The molecule has 0 saturated carbocycles. The molecule has 1 fully saturated rings. The third kappa shape index (κ3) is 9.56. The highest BCUT2D eigenvalue weighted by Crippen LogP contribution is 2.20. The topological polar surface area (TPSA) is 46.0 Å².